The van der Waals surface area contributed by atoms with Gasteiger partial charge in [0.1, 0.15) is 0 Å². The van der Waals surface area contributed by atoms with E-state index in [0.29, 0.717) is 0 Å². The van der Waals surface area contributed by atoms with Crippen LogP contribution in [0.1, 0.15) is 22.3 Å². The molecule has 0 amide bonds. The fourth-order valence-corrected chi connectivity index (χ4v) is 2.08. The Labute approximate surface area is 105 Å². The molecule has 0 heteroatoms. The molecule has 0 N–H and O–H groups in total. The molecule has 1 rings (SSSR count). The number of rotatable bonds is 7. The molecular formula is C17H20. The molecule has 1 aromatic rings. The Morgan fingerprint density at radius 3 is 1.88 bits per heavy atom. The van der Waals surface area contributed by atoms with Crippen LogP contribution < -0.4 is 0 Å². The molecule has 0 saturated heterocycles. The molecule has 17 heavy (non-hydrogen) atoms. The molecule has 88 valence electrons. The van der Waals surface area contributed by atoms with Crippen molar-refractivity contribution in [2.24, 2.45) is 0 Å². The van der Waals surface area contributed by atoms with Gasteiger partial charge in [0.15, 0.2) is 0 Å². The van der Waals surface area contributed by atoms with Crippen LogP contribution in [0.5, 0.6) is 0 Å². The Morgan fingerprint density at radius 2 is 1.35 bits per heavy atom. The molecule has 0 aromatic heterocycles. The van der Waals surface area contributed by atoms with Gasteiger partial charge in [-0.2, -0.15) is 0 Å². The van der Waals surface area contributed by atoms with Gasteiger partial charge in [-0.3, -0.25) is 0 Å². The highest BCUT2D eigenvalue weighted by molar-refractivity contribution is 5.57. The van der Waals surface area contributed by atoms with Crippen molar-refractivity contribution in [3.05, 3.63) is 78.9 Å². The van der Waals surface area contributed by atoms with Crippen LogP contribution in [0.15, 0.2) is 56.7 Å². The van der Waals surface area contributed by atoms with Gasteiger partial charge in [0.05, 0.1) is 0 Å². The summed E-state index contributed by atoms with van der Waals surface area (Å²) in [7, 11) is 0. The number of hydrogen-bond acceptors (Lipinski definition) is 0. The fourth-order valence-electron chi connectivity index (χ4n) is 2.08. The zero-order chi connectivity index (χ0) is 12.7. The van der Waals surface area contributed by atoms with Crippen LogP contribution in [0, 0.1) is 0 Å². The molecule has 0 heterocycles. The molecule has 0 aliphatic heterocycles. The van der Waals surface area contributed by atoms with E-state index < -0.39 is 0 Å². The average Bonchev–Trinajstić information content (AvgIpc) is 2.34. The van der Waals surface area contributed by atoms with E-state index in [0.717, 1.165) is 19.3 Å². The van der Waals surface area contributed by atoms with Crippen LogP contribution in [-0.2, 0) is 19.3 Å². The number of hydrogen-bond donors (Lipinski definition) is 0. The van der Waals surface area contributed by atoms with Crippen LogP contribution in [0.2, 0.25) is 0 Å². The van der Waals surface area contributed by atoms with E-state index in [1.165, 1.54) is 22.3 Å². The third-order valence-corrected chi connectivity index (χ3v) is 2.85. The molecule has 0 aliphatic carbocycles. The van der Waals surface area contributed by atoms with E-state index in [9.17, 15) is 0 Å². The van der Waals surface area contributed by atoms with Crippen molar-refractivity contribution in [2.75, 3.05) is 0 Å². The molecule has 0 fully saturated rings. The lowest BCUT2D eigenvalue weighted by Crippen LogP contribution is -2.01. The van der Waals surface area contributed by atoms with Crippen molar-refractivity contribution in [3.63, 3.8) is 0 Å². The largest absolute Gasteiger partial charge is 0.103 e. The molecule has 0 aliphatic rings. The van der Waals surface area contributed by atoms with Gasteiger partial charge in [0, 0.05) is 0 Å². The average molecular weight is 224 g/mol. The Kier molecular flexibility index (Phi) is 5.22. The molecular weight excluding hydrogens is 204 g/mol. The predicted octanol–water partition coefficient (Wildman–Crippen LogP) is 4.52. The Hall–Kier alpha value is -1.82. The van der Waals surface area contributed by atoms with E-state index in [4.69, 9.17) is 0 Å². The second-order valence-corrected chi connectivity index (χ2v) is 3.95. The quantitative estimate of drug-likeness (QED) is 0.597. The molecule has 0 bridgehead atoms. The molecule has 0 unspecified atom stereocenters. The fraction of sp³-hybridized carbons (Fsp3) is 0.176. The highest BCUT2D eigenvalue weighted by atomic mass is 14.1. The van der Waals surface area contributed by atoms with Gasteiger partial charge < -0.3 is 0 Å². The third-order valence-electron chi connectivity index (χ3n) is 2.85. The van der Waals surface area contributed by atoms with Crippen molar-refractivity contribution in [2.45, 2.75) is 19.3 Å². The van der Waals surface area contributed by atoms with Crippen molar-refractivity contribution in [3.8, 4) is 0 Å². The third kappa shape index (κ3) is 3.07. The summed E-state index contributed by atoms with van der Waals surface area (Å²) in [6.45, 7) is 15.3. The normalized spacial score (nSPS) is 9.65. The molecule has 1 aromatic carbocycles. The lowest BCUT2D eigenvalue weighted by molar-refractivity contribution is 1.08. The number of allylic oxidation sites excluding steroid dienone is 3. The maximum Gasteiger partial charge on any atom is -0.00912 e. The highest BCUT2D eigenvalue weighted by Gasteiger charge is 2.08. The summed E-state index contributed by atoms with van der Waals surface area (Å²) in [5.41, 5.74) is 5.17. The standard InChI is InChI=1S/C17H20/c1-5-9-15-13-12-14(8-4)16(10-6-2)17(15)11-7-3/h5-8,12-13H,1-4,9-11H2. The molecule has 0 nitrogen and oxygen atoms in total. The van der Waals surface area contributed by atoms with Gasteiger partial charge in [-0.15, -0.1) is 19.7 Å². The molecule has 0 radical (unpaired) electrons. The van der Waals surface area contributed by atoms with Gasteiger partial charge in [0.25, 0.3) is 0 Å². The lowest BCUT2D eigenvalue weighted by atomic mass is 9.90. The number of benzene rings is 1. The first-order chi connectivity index (χ1) is 8.28. The smallest absolute Gasteiger partial charge is 0.00912 e. The van der Waals surface area contributed by atoms with Crippen molar-refractivity contribution in [1.82, 2.24) is 0 Å². The highest BCUT2D eigenvalue weighted by Crippen LogP contribution is 2.23. The Bertz CT molecular complexity index is 436. The lowest BCUT2D eigenvalue weighted by Gasteiger charge is -2.15. The maximum atomic E-state index is 3.87. The minimum atomic E-state index is 0.871. The summed E-state index contributed by atoms with van der Waals surface area (Å²) in [5, 5.41) is 0. The van der Waals surface area contributed by atoms with Crippen LogP contribution >= 0.6 is 0 Å². The minimum absolute atomic E-state index is 0.871. The summed E-state index contributed by atoms with van der Waals surface area (Å²) in [6.07, 6.45) is 10.4. The zero-order valence-electron chi connectivity index (χ0n) is 10.4. The summed E-state index contributed by atoms with van der Waals surface area (Å²) in [5.74, 6) is 0. The first-order valence-corrected chi connectivity index (χ1v) is 5.87. The van der Waals surface area contributed by atoms with Crippen LogP contribution in [0.3, 0.4) is 0 Å². The minimum Gasteiger partial charge on any atom is -0.103 e. The van der Waals surface area contributed by atoms with E-state index >= 15 is 0 Å². The first kappa shape index (κ1) is 13.2. The summed E-state index contributed by atoms with van der Waals surface area (Å²) >= 11 is 0. The van der Waals surface area contributed by atoms with E-state index in [1.54, 1.807) is 0 Å². The van der Waals surface area contributed by atoms with Crippen molar-refractivity contribution >= 4 is 6.08 Å². The molecule has 0 atom stereocenters. The zero-order valence-corrected chi connectivity index (χ0v) is 10.4. The Balaban J connectivity index is 3.38. The Morgan fingerprint density at radius 1 is 0.765 bits per heavy atom. The SMILES string of the molecule is C=CCc1ccc(C=C)c(CC=C)c1CC=C. The van der Waals surface area contributed by atoms with Crippen molar-refractivity contribution < 1.29 is 0 Å². The van der Waals surface area contributed by atoms with Crippen LogP contribution in [0.4, 0.5) is 0 Å². The van der Waals surface area contributed by atoms with E-state index in [1.807, 2.05) is 24.3 Å². The van der Waals surface area contributed by atoms with Gasteiger partial charge in [-0.1, -0.05) is 43.0 Å². The predicted molar refractivity (Wildman–Crippen MR) is 78.2 cm³/mol. The summed E-state index contributed by atoms with van der Waals surface area (Å²) < 4.78 is 0. The van der Waals surface area contributed by atoms with Gasteiger partial charge in [0.2, 0.25) is 0 Å². The van der Waals surface area contributed by atoms with Crippen LogP contribution in [-0.4, -0.2) is 0 Å². The van der Waals surface area contributed by atoms with Crippen molar-refractivity contribution in [1.29, 1.82) is 0 Å². The van der Waals surface area contributed by atoms with Gasteiger partial charge >= 0.3 is 0 Å². The van der Waals surface area contributed by atoms with Crippen LogP contribution in [0.25, 0.3) is 6.08 Å². The second-order valence-electron chi connectivity index (χ2n) is 3.95. The summed E-state index contributed by atoms with van der Waals surface area (Å²) in [4.78, 5) is 0. The van der Waals surface area contributed by atoms with Gasteiger partial charge in [-0.25, -0.2) is 0 Å². The molecule has 0 saturated carbocycles. The molecule has 0 spiro atoms. The van der Waals surface area contributed by atoms with E-state index in [-0.39, 0.29) is 0 Å². The first-order valence-electron chi connectivity index (χ1n) is 5.87. The summed E-state index contributed by atoms with van der Waals surface area (Å²) in [6, 6.07) is 4.28. The topological polar surface area (TPSA) is 0 Å². The van der Waals surface area contributed by atoms with E-state index in [2.05, 4.69) is 38.4 Å². The second kappa shape index (κ2) is 6.70. The monoisotopic (exact) mass is 224 g/mol. The maximum absolute atomic E-state index is 3.87. The van der Waals surface area contributed by atoms with Gasteiger partial charge in [-0.05, 0) is 41.5 Å².